The van der Waals surface area contributed by atoms with Gasteiger partial charge in [-0.25, -0.2) is 0 Å². The molecule has 1 atom stereocenters. The van der Waals surface area contributed by atoms with Crippen LogP contribution in [-0.2, 0) is 0 Å². The van der Waals surface area contributed by atoms with Crippen molar-refractivity contribution in [3.05, 3.63) is 0 Å². The molecule has 0 aromatic carbocycles. The average molecular weight is 140 g/mol. The van der Waals surface area contributed by atoms with Gasteiger partial charge in [0.25, 0.3) is 0 Å². The lowest BCUT2D eigenvalue weighted by atomic mass is 10.0. The van der Waals surface area contributed by atoms with Gasteiger partial charge in [-0.2, -0.15) is 0 Å². The second-order valence-electron chi connectivity index (χ2n) is 3.39. The van der Waals surface area contributed by atoms with Gasteiger partial charge in [0.2, 0.25) is 0 Å². The standard InChI is InChI=1S/C8H16N2/c1-3-8(7-9-4-1)10-5-2-6-10/h8-9H,1-7H2/t8-/m1/s1. The molecule has 2 aliphatic rings. The zero-order valence-electron chi connectivity index (χ0n) is 6.47. The number of nitrogens with zero attached hydrogens (tertiary/aromatic N) is 1. The van der Waals surface area contributed by atoms with E-state index in [2.05, 4.69) is 10.2 Å². The molecule has 0 aromatic heterocycles. The van der Waals surface area contributed by atoms with Crippen LogP contribution < -0.4 is 5.32 Å². The number of hydrogen-bond donors (Lipinski definition) is 1. The zero-order chi connectivity index (χ0) is 6.81. The molecule has 10 heavy (non-hydrogen) atoms. The van der Waals surface area contributed by atoms with Crippen LogP contribution in [0.15, 0.2) is 0 Å². The van der Waals surface area contributed by atoms with Gasteiger partial charge in [-0.05, 0) is 38.9 Å². The molecule has 2 heteroatoms. The Labute approximate surface area is 62.6 Å². The Morgan fingerprint density at radius 2 is 2.10 bits per heavy atom. The van der Waals surface area contributed by atoms with Gasteiger partial charge in [0, 0.05) is 12.6 Å². The van der Waals surface area contributed by atoms with Crippen molar-refractivity contribution in [2.75, 3.05) is 26.2 Å². The molecular formula is C8H16N2. The highest BCUT2D eigenvalue weighted by atomic mass is 15.2. The second kappa shape index (κ2) is 2.89. The summed E-state index contributed by atoms with van der Waals surface area (Å²) in [7, 11) is 0. The summed E-state index contributed by atoms with van der Waals surface area (Å²) in [4.78, 5) is 2.60. The highest BCUT2D eigenvalue weighted by Crippen LogP contribution is 2.16. The summed E-state index contributed by atoms with van der Waals surface area (Å²) < 4.78 is 0. The number of nitrogens with one attached hydrogen (secondary N) is 1. The maximum Gasteiger partial charge on any atom is 0.0221 e. The van der Waals surface area contributed by atoms with Gasteiger partial charge >= 0.3 is 0 Å². The average Bonchev–Trinajstić information content (AvgIpc) is 1.86. The Bertz CT molecular complexity index is 104. The number of likely N-dealkylation sites (tertiary alicyclic amines) is 1. The summed E-state index contributed by atoms with van der Waals surface area (Å²) in [6.07, 6.45) is 4.23. The topological polar surface area (TPSA) is 15.3 Å². The highest BCUT2D eigenvalue weighted by molar-refractivity contribution is 4.82. The van der Waals surface area contributed by atoms with Crippen LogP contribution in [0, 0.1) is 0 Å². The summed E-state index contributed by atoms with van der Waals surface area (Å²) in [5.74, 6) is 0. The van der Waals surface area contributed by atoms with Gasteiger partial charge in [-0.15, -0.1) is 0 Å². The smallest absolute Gasteiger partial charge is 0.0221 e. The molecule has 0 radical (unpaired) electrons. The first-order valence-corrected chi connectivity index (χ1v) is 4.41. The fourth-order valence-electron chi connectivity index (χ4n) is 1.85. The zero-order valence-corrected chi connectivity index (χ0v) is 6.47. The Morgan fingerprint density at radius 3 is 2.60 bits per heavy atom. The molecule has 2 fully saturated rings. The molecular weight excluding hydrogens is 124 g/mol. The molecule has 0 unspecified atom stereocenters. The minimum Gasteiger partial charge on any atom is -0.315 e. The molecule has 0 aromatic rings. The van der Waals surface area contributed by atoms with Crippen molar-refractivity contribution in [2.24, 2.45) is 0 Å². The quantitative estimate of drug-likeness (QED) is 0.568. The van der Waals surface area contributed by atoms with Crippen LogP contribution in [-0.4, -0.2) is 37.1 Å². The Balaban J connectivity index is 1.78. The number of piperidine rings is 1. The molecule has 58 valence electrons. The van der Waals surface area contributed by atoms with E-state index >= 15 is 0 Å². The summed E-state index contributed by atoms with van der Waals surface area (Å²) in [6, 6.07) is 0.877. The third kappa shape index (κ3) is 1.18. The van der Waals surface area contributed by atoms with Crippen molar-refractivity contribution in [2.45, 2.75) is 25.3 Å². The number of hydrogen-bond acceptors (Lipinski definition) is 2. The molecule has 2 heterocycles. The lowest BCUT2D eigenvalue weighted by Gasteiger charge is -2.40. The van der Waals surface area contributed by atoms with Gasteiger partial charge in [0.15, 0.2) is 0 Å². The molecule has 1 N–H and O–H groups in total. The Hall–Kier alpha value is -0.0800. The molecule has 2 saturated heterocycles. The van der Waals surface area contributed by atoms with E-state index in [0.717, 1.165) is 6.04 Å². The maximum absolute atomic E-state index is 3.44. The lowest BCUT2D eigenvalue weighted by molar-refractivity contribution is 0.0991. The molecule has 0 amide bonds. The van der Waals surface area contributed by atoms with Crippen molar-refractivity contribution >= 4 is 0 Å². The van der Waals surface area contributed by atoms with Crippen molar-refractivity contribution in [1.82, 2.24) is 10.2 Å². The Kier molecular flexibility index (Phi) is 1.91. The number of rotatable bonds is 1. The monoisotopic (exact) mass is 140 g/mol. The van der Waals surface area contributed by atoms with Crippen molar-refractivity contribution < 1.29 is 0 Å². The van der Waals surface area contributed by atoms with E-state index in [4.69, 9.17) is 0 Å². The third-order valence-corrected chi connectivity index (χ3v) is 2.68. The Morgan fingerprint density at radius 1 is 1.20 bits per heavy atom. The van der Waals surface area contributed by atoms with E-state index in [1.165, 1.54) is 45.4 Å². The summed E-state index contributed by atoms with van der Waals surface area (Å²) in [5, 5.41) is 3.44. The van der Waals surface area contributed by atoms with Gasteiger partial charge in [-0.1, -0.05) is 0 Å². The van der Waals surface area contributed by atoms with Crippen LogP contribution in [0.4, 0.5) is 0 Å². The van der Waals surface area contributed by atoms with Gasteiger partial charge < -0.3 is 5.32 Å². The molecule has 0 bridgehead atoms. The van der Waals surface area contributed by atoms with E-state index in [-0.39, 0.29) is 0 Å². The minimum atomic E-state index is 0.877. The first-order valence-electron chi connectivity index (χ1n) is 4.41. The van der Waals surface area contributed by atoms with E-state index < -0.39 is 0 Å². The van der Waals surface area contributed by atoms with Crippen LogP contribution in [0.3, 0.4) is 0 Å². The molecule has 0 saturated carbocycles. The fourth-order valence-corrected chi connectivity index (χ4v) is 1.85. The first-order chi connectivity index (χ1) is 4.97. The lowest BCUT2D eigenvalue weighted by Crippen LogP contribution is -2.51. The summed E-state index contributed by atoms with van der Waals surface area (Å²) in [6.45, 7) is 5.18. The van der Waals surface area contributed by atoms with Crippen LogP contribution in [0.2, 0.25) is 0 Å². The maximum atomic E-state index is 3.44. The van der Waals surface area contributed by atoms with E-state index in [0.29, 0.717) is 0 Å². The van der Waals surface area contributed by atoms with Crippen LogP contribution in [0.1, 0.15) is 19.3 Å². The van der Waals surface area contributed by atoms with Gasteiger partial charge in [0.05, 0.1) is 0 Å². The van der Waals surface area contributed by atoms with Gasteiger partial charge in [0.1, 0.15) is 0 Å². The van der Waals surface area contributed by atoms with Crippen LogP contribution in [0.5, 0.6) is 0 Å². The molecule has 0 spiro atoms. The summed E-state index contributed by atoms with van der Waals surface area (Å²) in [5.41, 5.74) is 0. The highest BCUT2D eigenvalue weighted by Gasteiger charge is 2.24. The fraction of sp³-hybridized carbons (Fsp3) is 1.00. The normalized spacial score (nSPS) is 35.4. The second-order valence-corrected chi connectivity index (χ2v) is 3.39. The molecule has 0 aliphatic carbocycles. The largest absolute Gasteiger partial charge is 0.315 e. The van der Waals surface area contributed by atoms with Crippen molar-refractivity contribution in [3.63, 3.8) is 0 Å². The molecule has 2 aliphatic heterocycles. The van der Waals surface area contributed by atoms with Crippen molar-refractivity contribution in [1.29, 1.82) is 0 Å². The minimum absolute atomic E-state index is 0.877. The molecule has 2 nitrogen and oxygen atoms in total. The predicted octanol–water partition coefficient (Wildman–Crippen LogP) is 0.444. The van der Waals surface area contributed by atoms with E-state index in [9.17, 15) is 0 Å². The van der Waals surface area contributed by atoms with E-state index in [1.54, 1.807) is 0 Å². The third-order valence-electron chi connectivity index (χ3n) is 2.68. The summed E-state index contributed by atoms with van der Waals surface area (Å²) >= 11 is 0. The predicted molar refractivity (Wildman–Crippen MR) is 42.1 cm³/mol. The van der Waals surface area contributed by atoms with Crippen molar-refractivity contribution in [3.8, 4) is 0 Å². The van der Waals surface area contributed by atoms with E-state index in [1.807, 2.05) is 0 Å². The van der Waals surface area contributed by atoms with Crippen LogP contribution in [0.25, 0.3) is 0 Å². The van der Waals surface area contributed by atoms with Crippen LogP contribution >= 0.6 is 0 Å². The first kappa shape index (κ1) is 6.62. The van der Waals surface area contributed by atoms with Gasteiger partial charge in [-0.3, -0.25) is 4.90 Å². The molecule has 2 rings (SSSR count). The SMILES string of the molecule is C1CNC[C@H](N2CCC2)C1.